The van der Waals surface area contributed by atoms with E-state index in [-0.39, 0.29) is 22.4 Å². The Balaban J connectivity index is 1.76. The number of sulfonamides is 1. The van der Waals surface area contributed by atoms with E-state index in [4.69, 9.17) is 0 Å². The van der Waals surface area contributed by atoms with Crippen molar-refractivity contribution < 1.29 is 18.0 Å². The molecule has 166 valence electrons. The summed E-state index contributed by atoms with van der Waals surface area (Å²) in [6.45, 7) is 1.89. The summed E-state index contributed by atoms with van der Waals surface area (Å²) in [5.74, 6) is -0.764. The molecule has 0 bridgehead atoms. The topological polar surface area (TPSA) is 95.6 Å². The van der Waals surface area contributed by atoms with Crippen LogP contribution >= 0.6 is 0 Å². The highest BCUT2D eigenvalue weighted by atomic mass is 32.2. The van der Waals surface area contributed by atoms with Gasteiger partial charge in [0, 0.05) is 19.7 Å². The van der Waals surface area contributed by atoms with E-state index < -0.39 is 15.9 Å². The van der Waals surface area contributed by atoms with Gasteiger partial charge in [0.1, 0.15) is 0 Å². The maximum atomic E-state index is 12.9. The lowest BCUT2D eigenvalue weighted by atomic mass is 10.1. The Morgan fingerprint density at radius 1 is 0.812 bits per heavy atom. The smallest absolute Gasteiger partial charge is 0.255 e. The number of hydrogen-bond donors (Lipinski definition) is 2. The molecule has 3 aromatic carbocycles. The maximum Gasteiger partial charge on any atom is 0.255 e. The second kappa shape index (κ2) is 9.76. The molecule has 8 heteroatoms. The van der Waals surface area contributed by atoms with Crippen LogP contribution in [0.4, 0.5) is 5.69 Å². The third-order valence-corrected chi connectivity index (χ3v) is 6.79. The van der Waals surface area contributed by atoms with E-state index in [9.17, 15) is 18.0 Å². The van der Waals surface area contributed by atoms with Crippen LogP contribution in [0.5, 0.6) is 0 Å². The van der Waals surface area contributed by atoms with Gasteiger partial charge in [0.2, 0.25) is 10.0 Å². The molecule has 0 unspecified atom stereocenters. The number of amides is 2. The van der Waals surface area contributed by atoms with Gasteiger partial charge in [-0.3, -0.25) is 9.59 Å². The summed E-state index contributed by atoms with van der Waals surface area (Å²) in [6, 6.07) is 21.7. The first kappa shape index (κ1) is 23.2. The molecule has 0 aliphatic carbocycles. The van der Waals surface area contributed by atoms with Gasteiger partial charge in [0.05, 0.1) is 22.2 Å². The van der Waals surface area contributed by atoms with E-state index >= 15 is 0 Å². The number of anilines is 1. The molecule has 0 heterocycles. The molecule has 7 nitrogen and oxygen atoms in total. The number of carbonyl (C=O) groups excluding carboxylic acids is 2. The van der Waals surface area contributed by atoms with Crippen LogP contribution in [0.2, 0.25) is 0 Å². The zero-order chi connectivity index (χ0) is 23.3. The predicted octanol–water partition coefficient (Wildman–Crippen LogP) is 3.68. The zero-order valence-corrected chi connectivity index (χ0v) is 18.9. The molecule has 0 aliphatic heterocycles. The van der Waals surface area contributed by atoms with E-state index in [2.05, 4.69) is 10.6 Å². The predicted molar refractivity (Wildman–Crippen MR) is 124 cm³/mol. The number of nitrogens with one attached hydrogen (secondary N) is 2. The molecule has 0 saturated heterocycles. The number of rotatable bonds is 7. The van der Waals surface area contributed by atoms with Gasteiger partial charge in [-0.15, -0.1) is 0 Å². The molecule has 0 fully saturated rings. The molecule has 0 aliphatic rings. The van der Waals surface area contributed by atoms with Crippen molar-refractivity contribution in [3.8, 4) is 0 Å². The molecular formula is C24H25N3O4S. The van der Waals surface area contributed by atoms with Gasteiger partial charge in [-0.25, -0.2) is 12.7 Å². The maximum absolute atomic E-state index is 12.9. The van der Waals surface area contributed by atoms with Gasteiger partial charge in [0.15, 0.2) is 0 Å². The van der Waals surface area contributed by atoms with E-state index in [1.54, 1.807) is 24.3 Å². The van der Waals surface area contributed by atoms with Crippen molar-refractivity contribution in [3.05, 3.63) is 95.6 Å². The summed E-state index contributed by atoms with van der Waals surface area (Å²) >= 11 is 0. The second-order valence-electron chi connectivity index (χ2n) is 7.42. The first-order chi connectivity index (χ1) is 15.2. The average Bonchev–Trinajstić information content (AvgIpc) is 2.79. The van der Waals surface area contributed by atoms with Crippen LogP contribution < -0.4 is 10.6 Å². The lowest BCUT2D eigenvalue weighted by Crippen LogP contribution is -2.28. The molecule has 3 rings (SSSR count). The first-order valence-corrected chi connectivity index (χ1v) is 11.4. The third kappa shape index (κ3) is 5.22. The van der Waals surface area contributed by atoms with Gasteiger partial charge in [0.25, 0.3) is 11.8 Å². The molecule has 0 radical (unpaired) electrons. The molecule has 2 amide bonds. The normalized spacial score (nSPS) is 12.2. The third-order valence-electron chi connectivity index (χ3n) is 4.96. The fourth-order valence-corrected chi connectivity index (χ4v) is 3.97. The van der Waals surface area contributed by atoms with Crippen molar-refractivity contribution in [2.45, 2.75) is 17.9 Å². The number of hydrogen-bond acceptors (Lipinski definition) is 4. The minimum absolute atomic E-state index is 0.0914. The number of benzene rings is 3. The summed E-state index contributed by atoms with van der Waals surface area (Å²) in [4.78, 5) is 25.7. The Kier molecular flexibility index (Phi) is 7.07. The quantitative estimate of drug-likeness (QED) is 0.573. The fourth-order valence-electron chi connectivity index (χ4n) is 3.07. The number of para-hydroxylation sites is 1. The number of carbonyl (C=O) groups is 2. The summed E-state index contributed by atoms with van der Waals surface area (Å²) in [6.07, 6.45) is 0. The second-order valence-corrected chi connectivity index (χ2v) is 9.57. The Labute approximate surface area is 188 Å². The highest BCUT2D eigenvalue weighted by Crippen LogP contribution is 2.20. The van der Waals surface area contributed by atoms with Gasteiger partial charge in [-0.1, -0.05) is 42.5 Å². The molecule has 2 N–H and O–H groups in total. The van der Waals surface area contributed by atoms with Crippen LogP contribution in [0.15, 0.2) is 83.8 Å². The SMILES string of the molecule is C[C@H](NC(=O)c1ccccc1NC(=O)c1ccc(S(=O)(=O)N(C)C)cc1)c1ccccc1. The standard InChI is InChI=1S/C24H25N3O4S/c1-17(18-9-5-4-6-10-18)25-24(29)21-11-7-8-12-22(21)26-23(28)19-13-15-20(16-14-19)32(30,31)27(2)3/h4-17H,1-3H3,(H,25,29)(H,26,28)/t17-/m0/s1. The van der Waals surface area contributed by atoms with Crippen LogP contribution in [-0.2, 0) is 10.0 Å². The van der Waals surface area contributed by atoms with Crippen LogP contribution in [0, 0.1) is 0 Å². The minimum atomic E-state index is -3.58. The Morgan fingerprint density at radius 2 is 1.41 bits per heavy atom. The molecule has 3 aromatic rings. The molecule has 1 atom stereocenters. The van der Waals surface area contributed by atoms with Crippen LogP contribution in [0.25, 0.3) is 0 Å². The van der Waals surface area contributed by atoms with Crippen molar-refractivity contribution in [1.29, 1.82) is 0 Å². The van der Waals surface area contributed by atoms with Gasteiger partial charge in [-0.05, 0) is 48.9 Å². The molecule has 0 spiro atoms. The van der Waals surface area contributed by atoms with E-state index in [0.29, 0.717) is 11.3 Å². The fraction of sp³-hybridized carbons (Fsp3) is 0.167. The Hall–Kier alpha value is -3.49. The number of nitrogens with zero attached hydrogens (tertiary/aromatic N) is 1. The van der Waals surface area contributed by atoms with Crippen molar-refractivity contribution >= 4 is 27.5 Å². The molecule has 0 saturated carbocycles. The minimum Gasteiger partial charge on any atom is -0.345 e. The van der Waals surface area contributed by atoms with Crippen molar-refractivity contribution in [2.24, 2.45) is 0 Å². The Bertz CT molecular complexity index is 1210. The van der Waals surface area contributed by atoms with Gasteiger partial charge < -0.3 is 10.6 Å². The van der Waals surface area contributed by atoms with E-state index in [0.717, 1.165) is 9.87 Å². The summed E-state index contributed by atoms with van der Waals surface area (Å²) in [5, 5.41) is 5.68. The zero-order valence-electron chi connectivity index (χ0n) is 18.1. The monoisotopic (exact) mass is 451 g/mol. The van der Waals surface area contributed by atoms with Gasteiger partial charge in [-0.2, -0.15) is 0 Å². The summed E-state index contributed by atoms with van der Waals surface area (Å²) < 4.78 is 25.5. The molecule has 32 heavy (non-hydrogen) atoms. The molecular weight excluding hydrogens is 426 g/mol. The van der Waals surface area contributed by atoms with Crippen molar-refractivity contribution in [2.75, 3.05) is 19.4 Å². The van der Waals surface area contributed by atoms with Gasteiger partial charge >= 0.3 is 0 Å². The summed E-state index contributed by atoms with van der Waals surface area (Å²) in [7, 11) is -0.700. The molecule has 0 aromatic heterocycles. The van der Waals surface area contributed by atoms with E-state index in [1.807, 2.05) is 37.3 Å². The highest BCUT2D eigenvalue weighted by molar-refractivity contribution is 7.89. The van der Waals surface area contributed by atoms with Crippen molar-refractivity contribution in [3.63, 3.8) is 0 Å². The first-order valence-electron chi connectivity index (χ1n) is 9.99. The average molecular weight is 452 g/mol. The largest absolute Gasteiger partial charge is 0.345 e. The summed E-state index contributed by atoms with van der Waals surface area (Å²) in [5.41, 5.74) is 1.93. The van der Waals surface area contributed by atoms with Crippen LogP contribution in [0.3, 0.4) is 0 Å². The Morgan fingerprint density at radius 3 is 2.03 bits per heavy atom. The van der Waals surface area contributed by atoms with E-state index in [1.165, 1.54) is 38.4 Å². The van der Waals surface area contributed by atoms with Crippen LogP contribution in [-0.4, -0.2) is 38.6 Å². The van der Waals surface area contributed by atoms with Crippen molar-refractivity contribution in [1.82, 2.24) is 9.62 Å². The van der Waals surface area contributed by atoms with Crippen LogP contribution in [0.1, 0.15) is 39.2 Å². The lowest BCUT2D eigenvalue weighted by molar-refractivity contribution is 0.0940. The highest BCUT2D eigenvalue weighted by Gasteiger charge is 2.19. The lowest BCUT2D eigenvalue weighted by Gasteiger charge is -2.16.